The zero-order valence-electron chi connectivity index (χ0n) is 78.0. The number of likely N-dealkylation sites (N-methyl/N-ethyl adjacent to an activating group) is 7. The Balaban J connectivity index is 1.55. The summed E-state index contributed by atoms with van der Waals surface area (Å²) in [7, 11) is 7.64. The highest BCUT2D eigenvalue weighted by molar-refractivity contribution is 7.95. The van der Waals surface area contributed by atoms with E-state index in [1.807, 2.05) is 110 Å². The fourth-order valence-corrected chi connectivity index (χ4v) is 20.2. The predicted octanol–water partition coefficient (Wildman–Crippen LogP) is 7.13. The molecule has 28 nitrogen and oxygen atoms in total. The molecule has 1 heterocycles. The number of nitrogens with one attached hydrogen (secondary N) is 6. The third-order valence-corrected chi connectivity index (χ3v) is 27.8. The Morgan fingerprint density at radius 3 is 1.32 bits per heavy atom. The van der Waals surface area contributed by atoms with Crippen molar-refractivity contribution in [1.82, 2.24) is 66.2 Å². The molecule has 0 saturated carbocycles. The molecule has 29 heteroatoms. The number of rotatable bonds is 30. The van der Waals surface area contributed by atoms with Crippen LogP contribution in [0.15, 0.2) is 127 Å². The van der Waals surface area contributed by atoms with Gasteiger partial charge in [0.25, 0.3) is 5.91 Å². The second kappa shape index (κ2) is 49.7. The first kappa shape index (κ1) is 105. The third kappa shape index (κ3) is 28.6. The number of amides is 13. The summed E-state index contributed by atoms with van der Waals surface area (Å²) in [5.41, 5.74) is 0.713. The number of carbonyl (C=O) groups is 13. The highest BCUT2D eigenvalue weighted by Gasteiger charge is 2.49. The maximum atomic E-state index is 15.9. The third-order valence-electron chi connectivity index (χ3n) is 23.4. The molecule has 1 aliphatic rings. The van der Waals surface area contributed by atoms with Crippen LogP contribution < -0.4 is 47.8 Å². The number of aliphatic hydroxyl groups excluding tert-OH is 1. The number of hydrogen-bond acceptors (Lipinski definition) is 15. The van der Waals surface area contributed by atoms with Gasteiger partial charge < -0.3 is 76.0 Å². The van der Waals surface area contributed by atoms with Crippen LogP contribution in [0.3, 0.4) is 0 Å². The van der Waals surface area contributed by atoms with Crippen LogP contribution in [0.1, 0.15) is 179 Å². The van der Waals surface area contributed by atoms with E-state index in [-0.39, 0.29) is 113 Å². The number of nitrogens with zero attached hydrogens (tertiary/aromatic N) is 7. The standard InChI is InChI=1S/C95H144N13O15P/c1-25-27-37-65(15)83(110)82-88(115)100-73(26-2)90(117)105(21)78(58-68-44-46-69(47-45-68)85(112)97-50-52-123-51-49-96-79(109)48-53-124(70-38-31-28-32-39-70,71-40-33-29-34-41-71)72-42-35-30-36-43-72)92(119)102(18)75(55-60(5)6)87(114)101-80(63(11)12)94(121)103(19)74(54-59(3)4)86(113)98-66(16)84(111)99-67(17)89(116)104(20)76(56-61(7)8)91(118)106(22)77(57-62(9)10)93(120)107(23)81(64(13)14)95(122)108(82)24/h25,27-36,38-47,59-67,73-78,80-83,110H,26,37,48-58H2,1-24H3,(H5-,96,97,98,99,100,101,109,111,112,113,114,115)/p+1/b27-25+/t65-,66+,67-,73+,74+,75+,76+,77+,78?,80+,81+,82+,83-/m1/s1. The Bertz CT molecular complexity index is 4110. The minimum atomic E-state index is -2.24. The van der Waals surface area contributed by atoms with Gasteiger partial charge in [-0.1, -0.05) is 176 Å². The minimum Gasteiger partial charge on any atom is -0.390 e. The van der Waals surface area contributed by atoms with Gasteiger partial charge in [0.1, 0.15) is 89.6 Å². The smallest absolute Gasteiger partial charge is 0.251 e. The summed E-state index contributed by atoms with van der Waals surface area (Å²) in [4.78, 5) is 203. The zero-order valence-corrected chi connectivity index (χ0v) is 78.9. The summed E-state index contributed by atoms with van der Waals surface area (Å²) in [6.45, 7) is 30.4. The van der Waals surface area contributed by atoms with E-state index in [2.05, 4.69) is 68.3 Å². The molecule has 0 radical (unpaired) electrons. The number of carbonyl (C=O) groups excluding carboxylic acids is 13. The van der Waals surface area contributed by atoms with E-state index in [1.54, 1.807) is 84.9 Å². The first-order chi connectivity index (χ1) is 58.4. The van der Waals surface area contributed by atoms with Crippen molar-refractivity contribution in [3.05, 3.63) is 139 Å². The zero-order chi connectivity index (χ0) is 92.9. The van der Waals surface area contributed by atoms with Gasteiger partial charge in [-0.3, -0.25) is 62.3 Å². The molecule has 684 valence electrons. The highest BCUT2D eigenvalue weighted by Crippen LogP contribution is 2.55. The topological polar surface area (TPSA) is 346 Å². The highest BCUT2D eigenvalue weighted by atomic mass is 31.2. The van der Waals surface area contributed by atoms with E-state index in [0.717, 1.165) is 4.90 Å². The normalized spacial score (nSPS) is 22.7. The molecule has 1 saturated heterocycles. The van der Waals surface area contributed by atoms with Crippen molar-refractivity contribution in [3.8, 4) is 0 Å². The van der Waals surface area contributed by atoms with E-state index in [0.29, 0.717) is 11.7 Å². The Morgan fingerprint density at radius 2 is 0.863 bits per heavy atom. The van der Waals surface area contributed by atoms with E-state index in [1.165, 1.54) is 108 Å². The fourth-order valence-electron chi connectivity index (χ4n) is 16.0. The number of allylic oxidation sites excluding steroid dienone is 2. The van der Waals surface area contributed by atoms with Gasteiger partial charge in [0.2, 0.25) is 70.9 Å². The molecular formula is C95H145N13O15P+. The molecule has 0 bridgehead atoms. The van der Waals surface area contributed by atoms with Crippen LogP contribution in [0.2, 0.25) is 0 Å². The summed E-state index contributed by atoms with van der Waals surface area (Å²) in [5, 5.41) is 33.1. The Kier molecular flexibility index (Phi) is 41.9. The minimum absolute atomic E-state index is 0.0453. The second-order valence-corrected chi connectivity index (χ2v) is 39.3. The van der Waals surface area contributed by atoms with E-state index in [4.69, 9.17) is 4.74 Å². The van der Waals surface area contributed by atoms with Gasteiger partial charge in [-0.2, -0.15) is 0 Å². The van der Waals surface area contributed by atoms with Crippen LogP contribution in [0.4, 0.5) is 0 Å². The molecule has 1 unspecified atom stereocenters. The molecule has 13 amide bonds. The van der Waals surface area contributed by atoms with Crippen molar-refractivity contribution in [2.24, 2.45) is 41.4 Å². The SMILES string of the molecule is C/C=C/C[C@@H](C)[C@@H](O)[C@H]1C(=O)N[C@@H](CC)C(=O)N(C)C(Cc2ccc(C(=O)NCCOCCNC(=O)CC[P+](c3ccccc3)(c3ccccc3)c3ccccc3)cc2)C(=O)N(C)[C@@H](CC(C)C)C(=O)N[C@@H](C(C)C)C(=O)N(C)[C@@H](CC(C)C)C(=O)N[C@@H](C)C(=O)N[C@H](C)C(=O)N(C)[C@@H](CC(C)C)C(=O)N(C)[C@@H](CC(C)C)C(=O)N(C)[C@@H](C(C)C)C(=O)N1C. The average Bonchev–Trinajstić information content (AvgIpc) is 0.760. The Hall–Kier alpha value is -9.92. The first-order valence-electron chi connectivity index (χ1n) is 44.0. The van der Waals surface area contributed by atoms with Crippen molar-refractivity contribution in [2.45, 2.75) is 242 Å². The van der Waals surface area contributed by atoms with Crippen molar-refractivity contribution in [2.75, 3.05) is 81.8 Å². The summed E-state index contributed by atoms with van der Waals surface area (Å²) >= 11 is 0. The summed E-state index contributed by atoms with van der Waals surface area (Å²) in [6.07, 6.45) is 3.19. The predicted molar refractivity (Wildman–Crippen MR) is 488 cm³/mol. The average molecular weight is 1740 g/mol. The lowest BCUT2D eigenvalue weighted by molar-refractivity contribution is -0.157. The summed E-state index contributed by atoms with van der Waals surface area (Å²) in [5.74, 6) is -11.4. The van der Waals surface area contributed by atoms with Gasteiger partial charge >= 0.3 is 0 Å². The van der Waals surface area contributed by atoms with E-state index < -0.39 is 168 Å². The van der Waals surface area contributed by atoms with Gasteiger partial charge in [0, 0.05) is 74.4 Å². The molecule has 124 heavy (non-hydrogen) atoms. The molecule has 0 spiro atoms. The maximum Gasteiger partial charge on any atom is 0.251 e. The van der Waals surface area contributed by atoms with Crippen molar-refractivity contribution in [1.29, 1.82) is 0 Å². The van der Waals surface area contributed by atoms with E-state index in [9.17, 15) is 29.1 Å². The van der Waals surface area contributed by atoms with Gasteiger partial charge in [-0.15, -0.1) is 0 Å². The number of benzene rings is 4. The molecule has 0 aliphatic carbocycles. The van der Waals surface area contributed by atoms with Crippen LogP contribution in [0.25, 0.3) is 0 Å². The molecule has 13 atom stereocenters. The maximum absolute atomic E-state index is 15.9. The van der Waals surface area contributed by atoms with Gasteiger partial charge in [0.05, 0.1) is 31.9 Å². The first-order valence-corrected chi connectivity index (χ1v) is 46.0. The molecule has 0 aromatic heterocycles. The molecule has 1 aliphatic heterocycles. The Morgan fingerprint density at radius 1 is 0.452 bits per heavy atom. The van der Waals surface area contributed by atoms with Gasteiger partial charge in [-0.25, -0.2) is 0 Å². The molecular weight excluding hydrogens is 1590 g/mol. The van der Waals surface area contributed by atoms with Crippen LogP contribution >= 0.6 is 7.26 Å². The molecule has 4 aromatic rings. The number of ether oxygens (including phenoxy) is 1. The quantitative estimate of drug-likeness (QED) is 0.0155. The number of hydrogen-bond donors (Lipinski definition) is 7. The Labute approximate surface area is 738 Å². The van der Waals surface area contributed by atoms with Crippen molar-refractivity contribution >= 4 is 100.0 Å². The molecule has 1 fully saturated rings. The van der Waals surface area contributed by atoms with Gasteiger partial charge in [-0.05, 0) is 155 Å². The fraction of sp³-hybridized carbons (Fsp3) is 0.589. The molecule has 5 rings (SSSR count). The van der Waals surface area contributed by atoms with E-state index >= 15 is 38.4 Å². The number of aliphatic hydroxyl groups is 1. The summed E-state index contributed by atoms with van der Waals surface area (Å²) in [6, 6.07) is 22.7. The van der Waals surface area contributed by atoms with Crippen LogP contribution in [0, 0.1) is 41.4 Å². The molecule has 7 N–H and O–H groups in total. The van der Waals surface area contributed by atoms with Crippen LogP contribution in [0.5, 0.6) is 0 Å². The summed E-state index contributed by atoms with van der Waals surface area (Å²) < 4.78 is 5.87. The largest absolute Gasteiger partial charge is 0.390 e. The molecule has 4 aromatic carbocycles. The van der Waals surface area contributed by atoms with Gasteiger partial charge in [0.15, 0.2) is 0 Å². The monoisotopic (exact) mass is 1740 g/mol. The van der Waals surface area contributed by atoms with Crippen molar-refractivity contribution < 1.29 is 72.2 Å². The van der Waals surface area contributed by atoms with Crippen LogP contribution in [-0.2, 0) is 68.7 Å². The van der Waals surface area contributed by atoms with Crippen LogP contribution in [-0.4, -0.2) is 271 Å². The second-order valence-electron chi connectivity index (χ2n) is 35.7. The lowest BCUT2D eigenvalue weighted by Crippen LogP contribution is -2.64. The lowest BCUT2D eigenvalue weighted by atomic mass is 9.91. The van der Waals surface area contributed by atoms with Crippen molar-refractivity contribution in [3.63, 3.8) is 0 Å². The lowest BCUT2D eigenvalue weighted by Gasteiger charge is -2.41.